The van der Waals surface area contributed by atoms with Crippen LogP contribution < -0.4 is 14.4 Å². The number of hydrogen-bond acceptors (Lipinski definition) is 4. The van der Waals surface area contributed by atoms with Gasteiger partial charge in [0.05, 0.1) is 18.5 Å². The summed E-state index contributed by atoms with van der Waals surface area (Å²) >= 11 is 18.0. The molecule has 10 heteroatoms. The van der Waals surface area contributed by atoms with Crippen molar-refractivity contribution in [3.05, 3.63) is 87.4 Å². The number of nitrogens with one attached hydrogen (secondary N) is 1. The van der Waals surface area contributed by atoms with Gasteiger partial charge in [-0.3, -0.25) is 9.10 Å². The van der Waals surface area contributed by atoms with E-state index < -0.39 is 15.9 Å². The Morgan fingerprint density at radius 1 is 0.969 bits per heavy atom. The molecular formula is C22H19Cl3N2O4S. The second-order valence-electron chi connectivity index (χ2n) is 6.85. The molecule has 0 aliphatic rings. The summed E-state index contributed by atoms with van der Waals surface area (Å²) in [5, 5.41) is 3.92. The fraction of sp³-hybridized carbons (Fsp3) is 0.136. The summed E-state index contributed by atoms with van der Waals surface area (Å²) in [7, 11) is -3.56. The Morgan fingerprint density at radius 2 is 1.59 bits per heavy atom. The minimum Gasteiger partial charge on any atom is -0.484 e. The van der Waals surface area contributed by atoms with Crippen LogP contribution in [0.4, 0.5) is 11.4 Å². The highest BCUT2D eigenvalue weighted by Crippen LogP contribution is 2.26. The summed E-state index contributed by atoms with van der Waals surface area (Å²) in [4.78, 5) is 12.1. The largest absolute Gasteiger partial charge is 0.484 e. The van der Waals surface area contributed by atoms with E-state index in [4.69, 9.17) is 39.5 Å². The minimum absolute atomic E-state index is 0.0866. The molecule has 0 spiro atoms. The van der Waals surface area contributed by atoms with Crippen LogP contribution in [0.2, 0.25) is 15.1 Å². The van der Waals surface area contributed by atoms with Crippen molar-refractivity contribution in [3.8, 4) is 5.75 Å². The number of halogens is 3. The number of carbonyl (C=O) groups is 1. The second kappa shape index (κ2) is 10.4. The van der Waals surface area contributed by atoms with Crippen LogP contribution in [0.15, 0.2) is 66.7 Å². The minimum atomic E-state index is -3.56. The van der Waals surface area contributed by atoms with Gasteiger partial charge in [-0.25, -0.2) is 8.42 Å². The average molecular weight is 514 g/mol. The normalized spacial score (nSPS) is 11.1. The molecule has 0 aliphatic carbocycles. The molecule has 0 aliphatic heterocycles. The van der Waals surface area contributed by atoms with Gasteiger partial charge >= 0.3 is 0 Å². The molecule has 0 saturated heterocycles. The van der Waals surface area contributed by atoms with E-state index >= 15 is 0 Å². The van der Waals surface area contributed by atoms with Crippen LogP contribution in [0.3, 0.4) is 0 Å². The molecule has 0 unspecified atom stereocenters. The molecular weight excluding hydrogens is 495 g/mol. The molecule has 32 heavy (non-hydrogen) atoms. The zero-order chi connectivity index (χ0) is 23.3. The van der Waals surface area contributed by atoms with Crippen molar-refractivity contribution in [2.24, 2.45) is 0 Å². The van der Waals surface area contributed by atoms with Crippen LogP contribution in [0.25, 0.3) is 0 Å². The number of carbonyl (C=O) groups excluding carboxylic acids is 1. The predicted molar refractivity (Wildman–Crippen MR) is 130 cm³/mol. The first-order valence-corrected chi connectivity index (χ1v) is 12.3. The van der Waals surface area contributed by atoms with Crippen LogP contribution in [0.1, 0.15) is 5.56 Å². The van der Waals surface area contributed by atoms with Crippen molar-refractivity contribution in [3.63, 3.8) is 0 Å². The molecule has 0 radical (unpaired) electrons. The van der Waals surface area contributed by atoms with Gasteiger partial charge in [0.2, 0.25) is 10.0 Å². The molecule has 0 aromatic heterocycles. The monoisotopic (exact) mass is 512 g/mol. The highest BCUT2D eigenvalue weighted by molar-refractivity contribution is 7.92. The standard InChI is InChI=1S/C22H19Cl3N2O4S/c1-32(29,30)27(13-15-4-2-3-5-21(15)25)19-6-8-20(9-7-19)31-14-22(28)26-18-11-16(23)10-17(24)12-18/h2-12H,13-14H2,1H3,(H,26,28). The van der Waals surface area contributed by atoms with E-state index in [2.05, 4.69) is 5.32 Å². The Kier molecular flexibility index (Phi) is 7.90. The Hall–Kier alpha value is -2.45. The van der Waals surface area contributed by atoms with E-state index in [0.717, 1.165) is 6.26 Å². The maximum Gasteiger partial charge on any atom is 0.262 e. The maximum absolute atomic E-state index is 12.3. The number of hydrogen-bond donors (Lipinski definition) is 1. The highest BCUT2D eigenvalue weighted by Gasteiger charge is 2.19. The van der Waals surface area contributed by atoms with E-state index in [0.29, 0.717) is 37.8 Å². The smallest absolute Gasteiger partial charge is 0.262 e. The zero-order valence-electron chi connectivity index (χ0n) is 16.9. The lowest BCUT2D eigenvalue weighted by molar-refractivity contribution is -0.118. The Morgan fingerprint density at radius 3 is 2.19 bits per heavy atom. The third kappa shape index (κ3) is 6.77. The van der Waals surface area contributed by atoms with Crippen molar-refractivity contribution in [1.82, 2.24) is 0 Å². The van der Waals surface area contributed by atoms with Crippen LogP contribution in [0.5, 0.6) is 5.75 Å². The molecule has 0 fully saturated rings. The molecule has 3 aromatic rings. The molecule has 1 N–H and O–H groups in total. The van der Waals surface area contributed by atoms with E-state index in [1.165, 1.54) is 4.31 Å². The lowest BCUT2D eigenvalue weighted by Crippen LogP contribution is -2.29. The molecule has 168 valence electrons. The third-order valence-electron chi connectivity index (χ3n) is 4.31. The summed E-state index contributed by atoms with van der Waals surface area (Å²) in [5.74, 6) is 0.00288. The maximum atomic E-state index is 12.3. The van der Waals surface area contributed by atoms with Crippen molar-refractivity contribution >= 4 is 62.1 Å². The molecule has 3 aromatic carbocycles. The summed E-state index contributed by atoms with van der Waals surface area (Å²) in [6.07, 6.45) is 1.13. The fourth-order valence-electron chi connectivity index (χ4n) is 2.86. The number of benzene rings is 3. The van der Waals surface area contributed by atoms with Gasteiger partial charge in [-0.15, -0.1) is 0 Å². The molecule has 1 amide bonds. The lowest BCUT2D eigenvalue weighted by Gasteiger charge is -2.23. The molecule has 6 nitrogen and oxygen atoms in total. The quantitative estimate of drug-likeness (QED) is 0.423. The van der Waals surface area contributed by atoms with E-state index in [-0.39, 0.29) is 13.2 Å². The molecule has 0 atom stereocenters. The van der Waals surface area contributed by atoms with Gasteiger partial charge in [0.1, 0.15) is 5.75 Å². The van der Waals surface area contributed by atoms with Crippen LogP contribution in [0, 0.1) is 0 Å². The Labute approximate surface area is 201 Å². The number of ether oxygens (including phenoxy) is 1. The van der Waals surface area contributed by atoms with Gasteiger partial charge < -0.3 is 10.1 Å². The summed E-state index contributed by atoms with van der Waals surface area (Å²) < 4.78 is 31.4. The van der Waals surface area contributed by atoms with Crippen LogP contribution >= 0.6 is 34.8 Å². The third-order valence-corrected chi connectivity index (χ3v) is 6.26. The SMILES string of the molecule is CS(=O)(=O)N(Cc1ccccc1Cl)c1ccc(OCC(=O)Nc2cc(Cl)cc(Cl)c2)cc1. The number of amides is 1. The Bertz CT molecular complexity index is 1200. The lowest BCUT2D eigenvalue weighted by atomic mass is 10.2. The number of anilines is 2. The highest BCUT2D eigenvalue weighted by atomic mass is 35.5. The Balaban J connectivity index is 1.66. The summed E-state index contributed by atoms with van der Waals surface area (Å²) in [5.41, 5.74) is 1.57. The molecule has 0 heterocycles. The average Bonchev–Trinajstić information content (AvgIpc) is 2.70. The van der Waals surface area contributed by atoms with Crippen molar-refractivity contribution in [2.75, 3.05) is 22.5 Å². The summed E-state index contributed by atoms with van der Waals surface area (Å²) in [6, 6.07) is 18.1. The van der Waals surface area contributed by atoms with Gasteiger partial charge in [0.25, 0.3) is 5.91 Å². The van der Waals surface area contributed by atoms with Gasteiger partial charge in [0, 0.05) is 20.8 Å². The first kappa shape index (κ1) is 24.2. The molecule has 0 saturated carbocycles. The number of nitrogens with zero attached hydrogens (tertiary/aromatic N) is 1. The van der Waals surface area contributed by atoms with Gasteiger partial charge in [0.15, 0.2) is 6.61 Å². The van der Waals surface area contributed by atoms with E-state index in [9.17, 15) is 13.2 Å². The first-order valence-electron chi connectivity index (χ1n) is 9.32. The van der Waals surface area contributed by atoms with Gasteiger partial charge in [-0.2, -0.15) is 0 Å². The topological polar surface area (TPSA) is 75.7 Å². The van der Waals surface area contributed by atoms with Gasteiger partial charge in [-0.05, 0) is 54.1 Å². The van der Waals surface area contributed by atoms with Crippen LogP contribution in [-0.2, 0) is 21.4 Å². The predicted octanol–water partition coefficient (Wildman–Crippen LogP) is 5.63. The molecule has 0 bridgehead atoms. The molecule has 3 rings (SSSR count). The van der Waals surface area contributed by atoms with E-state index in [1.807, 2.05) is 0 Å². The number of rotatable bonds is 8. The zero-order valence-corrected chi connectivity index (χ0v) is 20.0. The van der Waals surface area contributed by atoms with E-state index in [1.54, 1.807) is 66.7 Å². The fourth-order valence-corrected chi connectivity index (χ4v) is 4.46. The van der Waals surface area contributed by atoms with Crippen molar-refractivity contribution in [1.29, 1.82) is 0 Å². The van der Waals surface area contributed by atoms with Crippen LogP contribution in [-0.4, -0.2) is 27.2 Å². The van der Waals surface area contributed by atoms with Crippen molar-refractivity contribution < 1.29 is 17.9 Å². The van der Waals surface area contributed by atoms with Gasteiger partial charge in [-0.1, -0.05) is 53.0 Å². The summed E-state index contributed by atoms with van der Waals surface area (Å²) in [6.45, 7) is -0.164. The number of sulfonamides is 1. The first-order chi connectivity index (χ1) is 15.1. The van der Waals surface area contributed by atoms with Crippen molar-refractivity contribution in [2.45, 2.75) is 6.54 Å². The second-order valence-corrected chi connectivity index (χ2v) is 10.0.